The Bertz CT molecular complexity index is 615. The minimum Gasteiger partial charge on any atom is -0.393 e. The average molecular weight is 298 g/mol. The normalized spacial score (nSPS) is 21.7. The number of nitrogens with zero attached hydrogens (tertiary/aromatic N) is 3. The van der Waals surface area contributed by atoms with Crippen LogP contribution in [0.2, 0.25) is 0 Å². The van der Waals surface area contributed by atoms with Crippen molar-refractivity contribution >= 4 is 5.91 Å². The highest BCUT2D eigenvalue weighted by molar-refractivity contribution is 5.93. The van der Waals surface area contributed by atoms with Gasteiger partial charge in [0, 0.05) is 24.4 Å². The van der Waals surface area contributed by atoms with Gasteiger partial charge in [-0.25, -0.2) is 0 Å². The maximum Gasteiger partial charge on any atom is 0.253 e. The van der Waals surface area contributed by atoms with Gasteiger partial charge in [0.1, 0.15) is 0 Å². The van der Waals surface area contributed by atoms with Gasteiger partial charge in [0.05, 0.1) is 24.1 Å². The Kier molecular flexibility index (Phi) is 4.39. The number of carbonyl (C=O) groups is 1. The fraction of sp³-hybridized carbons (Fsp3) is 0.375. The van der Waals surface area contributed by atoms with Crippen LogP contribution in [0.5, 0.6) is 0 Å². The second kappa shape index (κ2) is 6.62. The summed E-state index contributed by atoms with van der Waals surface area (Å²) in [5.74, 6) is 0.105. The molecule has 1 amide bonds. The fourth-order valence-electron chi connectivity index (χ4n) is 2.71. The Labute approximate surface area is 128 Å². The van der Waals surface area contributed by atoms with Gasteiger partial charge in [0.2, 0.25) is 0 Å². The van der Waals surface area contributed by atoms with Crippen LogP contribution in [-0.2, 0) is 6.42 Å². The van der Waals surface area contributed by atoms with Gasteiger partial charge in [-0.1, -0.05) is 6.07 Å². The third-order valence-electron chi connectivity index (χ3n) is 4.04. The van der Waals surface area contributed by atoms with Gasteiger partial charge in [-0.3, -0.25) is 9.78 Å². The molecule has 1 aliphatic rings. The molecule has 0 radical (unpaired) electrons. The number of hydrogen-bond donors (Lipinski definition) is 2. The summed E-state index contributed by atoms with van der Waals surface area (Å²) in [4.78, 5) is 16.6. The summed E-state index contributed by atoms with van der Waals surface area (Å²) in [7, 11) is 0. The number of amides is 1. The van der Waals surface area contributed by atoms with Gasteiger partial charge in [-0.15, -0.1) is 0 Å². The molecule has 2 heterocycles. The lowest BCUT2D eigenvalue weighted by atomic mass is 9.76. The van der Waals surface area contributed by atoms with Crippen molar-refractivity contribution in [3.05, 3.63) is 54.1 Å². The van der Waals surface area contributed by atoms with E-state index in [1.54, 1.807) is 12.3 Å². The number of aliphatic hydroxyl groups is 1. The Hall–Kier alpha value is -2.34. The molecule has 1 aliphatic carbocycles. The molecule has 2 aromatic heterocycles. The quantitative estimate of drug-likeness (QED) is 0.859. The summed E-state index contributed by atoms with van der Waals surface area (Å²) >= 11 is 0. The summed E-state index contributed by atoms with van der Waals surface area (Å²) in [5, 5.41) is 20.0. The van der Waals surface area contributed by atoms with Crippen LogP contribution in [-0.4, -0.2) is 38.3 Å². The van der Waals surface area contributed by atoms with E-state index in [-0.39, 0.29) is 24.0 Å². The van der Waals surface area contributed by atoms with E-state index in [2.05, 4.69) is 20.5 Å². The molecule has 6 heteroatoms. The van der Waals surface area contributed by atoms with E-state index in [0.717, 1.165) is 5.69 Å². The second-order valence-electron chi connectivity index (χ2n) is 5.62. The molecule has 2 N–H and O–H groups in total. The van der Waals surface area contributed by atoms with Crippen molar-refractivity contribution in [3.63, 3.8) is 0 Å². The van der Waals surface area contributed by atoms with Crippen molar-refractivity contribution in [1.82, 2.24) is 20.5 Å². The van der Waals surface area contributed by atoms with Crippen LogP contribution in [0.1, 0.15) is 28.9 Å². The van der Waals surface area contributed by atoms with E-state index in [0.29, 0.717) is 24.8 Å². The molecular formula is C16H18N4O2. The molecule has 0 aromatic carbocycles. The maximum atomic E-state index is 12.3. The SMILES string of the molecule is O=C(N[C@@H](Cc1ccccn1)C1CC(O)C1)c1ccnnc1. The summed E-state index contributed by atoms with van der Waals surface area (Å²) in [6.45, 7) is 0. The molecule has 1 atom stereocenters. The van der Waals surface area contributed by atoms with E-state index < -0.39 is 0 Å². The first kappa shape index (κ1) is 14.6. The molecule has 114 valence electrons. The zero-order valence-electron chi connectivity index (χ0n) is 12.1. The summed E-state index contributed by atoms with van der Waals surface area (Å²) in [6, 6.07) is 7.34. The van der Waals surface area contributed by atoms with Crippen LogP contribution < -0.4 is 5.32 Å². The third kappa shape index (κ3) is 3.46. The largest absolute Gasteiger partial charge is 0.393 e. The van der Waals surface area contributed by atoms with E-state index >= 15 is 0 Å². The van der Waals surface area contributed by atoms with E-state index in [1.807, 2.05) is 18.2 Å². The van der Waals surface area contributed by atoms with Crippen LogP contribution >= 0.6 is 0 Å². The Balaban J connectivity index is 1.70. The molecule has 0 bridgehead atoms. The van der Waals surface area contributed by atoms with Crippen molar-refractivity contribution < 1.29 is 9.90 Å². The molecule has 0 saturated heterocycles. The fourth-order valence-corrected chi connectivity index (χ4v) is 2.71. The van der Waals surface area contributed by atoms with Crippen molar-refractivity contribution in [2.45, 2.75) is 31.4 Å². The molecule has 6 nitrogen and oxygen atoms in total. The third-order valence-corrected chi connectivity index (χ3v) is 4.04. The molecule has 0 spiro atoms. The van der Waals surface area contributed by atoms with Gasteiger partial charge in [0.15, 0.2) is 0 Å². The van der Waals surface area contributed by atoms with Crippen molar-refractivity contribution in [3.8, 4) is 0 Å². The maximum absolute atomic E-state index is 12.3. The smallest absolute Gasteiger partial charge is 0.253 e. The van der Waals surface area contributed by atoms with E-state index in [1.165, 1.54) is 12.4 Å². The van der Waals surface area contributed by atoms with E-state index in [9.17, 15) is 9.90 Å². The van der Waals surface area contributed by atoms with Gasteiger partial charge in [-0.05, 0) is 37.0 Å². The highest BCUT2D eigenvalue weighted by Crippen LogP contribution is 2.31. The van der Waals surface area contributed by atoms with Crippen LogP contribution in [0.3, 0.4) is 0 Å². The molecule has 1 fully saturated rings. The summed E-state index contributed by atoms with van der Waals surface area (Å²) in [6.07, 6.45) is 6.52. The zero-order valence-corrected chi connectivity index (χ0v) is 12.1. The van der Waals surface area contributed by atoms with Gasteiger partial charge in [-0.2, -0.15) is 10.2 Å². The minimum atomic E-state index is -0.254. The van der Waals surface area contributed by atoms with Crippen molar-refractivity contribution in [2.24, 2.45) is 5.92 Å². The highest BCUT2D eigenvalue weighted by atomic mass is 16.3. The lowest BCUT2D eigenvalue weighted by Gasteiger charge is -2.38. The Morgan fingerprint density at radius 1 is 1.27 bits per heavy atom. The molecule has 3 rings (SSSR count). The van der Waals surface area contributed by atoms with Crippen molar-refractivity contribution in [1.29, 1.82) is 0 Å². The topological polar surface area (TPSA) is 88.0 Å². The molecule has 22 heavy (non-hydrogen) atoms. The van der Waals surface area contributed by atoms with Crippen LogP contribution in [0, 0.1) is 5.92 Å². The predicted molar refractivity (Wildman–Crippen MR) is 80.0 cm³/mol. The first-order valence-corrected chi connectivity index (χ1v) is 7.38. The van der Waals surface area contributed by atoms with Crippen LogP contribution in [0.25, 0.3) is 0 Å². The number of carbonyl (C=O) groups excluding carboxylic acids is 1. The molecule has 1 saturated carbocycles. The summed E-state index contributed by atoms with van der Waals surface area (Å²) in [5.41, 5.74) is 1.42. The number of nitrogens with one attached hydrogen (secondary N) is 1. The first-order valence-electron chi connectivity index (χ1n) is 7.38. The molecule has 0 unspecified atom stereocenters. The molecule has 0 aliphatic heterocycles. The van der Waals surface area contributed by atoms with Gasteiger partial charge >= 0.3 is 0 Å². The monoisotopic (exact) mass is 298 g/mol. The number of rotatable bonds is 5. The minimum absolute atomic E-state index is 0.0426. The Morgan fingerprint density at radius 3 is 2.77 bits per heavy atom. The van der Waals surface area contributed by atoms with Crippen molar-refractivity contribution in [2.75, 3.05) is 0 Å². The zero-order chi connectivity index (χ0) is 15.4. The van der Waals surface area contributed by atoms with E-state index in [4.69, 9.17) is 0 Å². The molecule has 2 aromatic rings. The molecular weight excluding hydrogens is 280 g/mol. The average Bonchev–Trinajstić information content (AvgIpc) is 2.53. The standard InChI is InChI=1S/C16H18N4O2/c21-14-7-12(8-14)15(9-13-3-1-2-5-17-13)20-16(22)11-4-6-18-19-10-11/h1-6,10,12,14-15,21H,7-9H2,(H,20,22)/t12?,14?,15-/m0/s1. The number of aliphatic hydroxyl groups excluding tert-OH is 1. The second-order valence-corrected chi connectivity index (χ2v) is 5.62. The number of pyridine rings is 1. The highest BCUT2D eigenvalue weighted by Gasteiger charge is 2.35. The summed E-state index contributed by atoms with van der Waals surface area (Å²) < 4.78 is 0. The Morgan fingerprint density at radius 2 is 2.14 bits per heavy atom. The van der Waals surface area contributed by atoms with Gasteiger partial charge < -0.3 is 10.4 Å². The first-order chi connectivity index (χ1) is 10.7. The van der Waals surface area contributed by atoms with Gasteiger partial charge in [0.25, 0.3) is 5.91 Å². The number of hydrogen-bond acceptors (Lipinski definition) is 5. The predicted octanol–water partition coefficient (Wildman–Crippen LogP) is 0.984. The lowest BCUT2D eigenvalue weighted by molar-refractivity contribution is 0.0237. The van der Waals surface area contributed by atoms with Crippen LogP contribution in [0.15, 0.2) is 42.9 Å². The van der Waals surface area contributed by atoms with Crippen LogP contribution in [0.4, 0.5) is 0 Å². The lowest BCUT2D eigenvalue weighted by Crippen LogP contribution is -2.48. The number of aromatic nitrogens is 3.